The Hall–Kier alpha value is -1.50. The van der Waals surface area contributed by atoms with Gasteiger partial charge in [0.1, 0.15) is 11.8 Å². The van der Waals surface area contributed by atoms with Gasteiger partial charge in [0.2, 0.25) is 10.0 Å². The number of sulfonamides is 1. The minimum atomic E-state index is -3.96. The molecular formula is C17H21NO4S. The van der Waals surface area contributed by atoms with Crippen LogP contribution in [0.2, 0.25) is 0 Å². The fraction of sp³-hybridized carbons (Fsp3) is 0.471. The second kappa shape index (κ2) is 5.85. The van der Waals surface area contributed by atoms with Gasteiger partial charge in [0.15, 0.2) is 5.78 Å². The van der Waals surface area contributed by atoms with E-state index in [2.05, 4.69) is 0 Å². The molecule has 0 aromatic heterocycles. The summed E-state index contributed by atoms with van der Waals surface area (Å²) < 4.78 is 27.2. The molecule has 0 bridgehead atoms. The van der Waals surface area contributed by atoms with E-state index in [1.165, 1.54) is 24.3 Å². The maximum absolute atomic E-state index is 13.1. The summed E-state index contributed by atoms with van der Waals surface area (Å²) in [5, 5.41) is 10.4. The quantitative estimate of drug-likeness (QED) is 0.898. The van der Waals surface area contributed by atoms with Crippen LogP contribution in [-0.4, -0.2) is 35.4 Å². The maximum atomic E-state index is 13.1. The highest BCUT2D eigenvalue weighted by Gasteiger charge is 2.53. The zero-order valence-corrected chi connectivity index (χ0v) is 13.9. The molecule has 1 N–H and O–H groups in total. The summed E-state index contributed by atoms with van der Waals surface area (Å²) in [4.78, 5) is 12.7. The number of ketones is 1. The van der Waals surface area contributed by atoms with Crippen LogP contribution in [0.5, 0.6) is 0 Å². The molecule has 1 fully saturated rings. The van der Waals surface area contributed by atoms with Crippen LogP contribution < -0.4 is 0 Å². The first-order chi connectivity index (χ1) is 10.9. The first-order valence-electron chi connectivity index (χ1n) is 7.90. The van der Waals surface area contributed by atoms with E-state index in [-0.39, 0.29) is 10.7 Å². The number of carbonyl (C=O) groups excluding carboxylic acids is 1. The van der Waals surface area contributed by atoms with Gasteiger partial charge in [0.05, 0.1) is 4.90 Å². The lowest BCUT2D eigenvalue weighted by molar-refractivity contribution is -0.131. The highest BCUT2D eigenvalue weighted by molar-refractivity contribution is 7.89. The lowest BCUT2D eigenvalue weighted by Gasteiger charge is -2.46. The summed E-state index contributed by atoms with van der Waals surface area (Å²) in [6.07, 6.45) is 4.74. The summed E-state index contributed by atoms with van der Waals surface area (Å²) in [6.45, 7) is 1.88. The standard InChI is InChI=1S/C17H21NO4S/c1-13-5-7-14(8-6-13)23(21,22)18-16(20)10-9-15(19)17(18)11-3-2-4-12-17/h5-10,16,20H,2-4,11-12H2,1H3. The van der Waals surface area contributed by atoms with Gasteiger partial charge < -0.3 is 5.11 Å². The average Bonchev–Trinajstić information content (AvgIpc) is 2.52. The highest BCUT2D eigenvalue weighted by atomic mass is 32.2. The first kappa shape index (κ1) is 16.4. The Kier molecular flexibility index (Phi) is 4.16. The summed E-state index contributed by atoms with van der Waals surface area (Å²) in [7, 11) is -3.96. The molecule has 5 nitrogen and oxygen atoms in total. The predicted octanol–water partition coefficient (Wildman–Crippen LogP) is 2.15. The molecule has 6 heteroatoms. The third kappa shape index (κ3) is 2.65. The average molecular weight is 335 g/mol. The summed E-state index contributed by atoms with van der Waals surface area (Å²) in [5.74, 6) is -0.224. The van der Waals surface area contributed by atoms with Gasteiger partial charge in [-0.25, -0.2) is 8.42 Å². The normalized spacial score (nSPS) is 25.0. The molecule has 1 saturated carbocycles. The lowest BCUT2D eigenvalue weighted by atomic mass is 9.77. The zero-order valence-electron chi connectivity index (χ0n) is 13.1. The molecule has 1 aromatic carbocycles. The van der Waals surface area contributed by atoms with E-state index in [9.17, 15) is 18.3 Å². The van der Waals surface area contributed by atoms with Crippen molar-refractivity contribution >= 4 is 15.8 Å². The zero-order chi connectivity index (χ0) is 16.7. The van der Waals surface area contributed by atoms with Gasteiger partial charge in [-0.2, -0.15) is 4.31 Å². The molecule has 1 aliphatic carbocycles. The molecule has 2 aliphatic rings. The van der Waals surface area contributed by atoms with Crippen LogP contribution in [0.1, 0.15) is 37.7 Å². The van der Waals surface area contributed by atoms with Gasteiger partial charge in [0, 0.05) is 0 Å². The highest BCUT2D eigenvalue weighted by Crippen LogP contribution is 2.41. The van der Waals surface area contributed by atoms with Crippen LogP contribution in [0, 0.1) is 6.92 Å². The molecule has 3 rings (SSSR count). The van der Waals surface area contributed by atoms with Crippen molar-refractivity contribution in [2.45, 2.75) is 55.7 Å². The second-order valence-corrected chi connectivity index (χ2v) is 8.16. The van der Waals surface area contributed by atoms with E-state index >= 15 is 0 Å². The van der Waals surface area contributed by atoms with E-state index in [0.717, 1.165) is 29.1 Å². The molecule has 1 unspecified atom stereocenters. The van der Waals surface area contributed by atoms with E-state index < -0.39 is 21.8 Å². The van der Waals surface area contributed by atoms with Crippen molar-refractivity contribution in [3.05, 3.63) is 42.0 Å². The molecule has 1 heterocycles. The molecule has 23 heavy (non-hydrogen) atoms. The largest absolute Gasteiger partial charge is 0.374 e. The van der Waals surface area contributed by atoms with Gasteiger partial charge in [-0.1, -0.05) is 37.0 Å². The van der Waals surface area contributed by atoms with E-state index in [4.69, 9.17) is 0 Å². The molecule has 0 radical (unpaired) electrons. The van der Waals surface area contributed by atoms with Gasteiger partial charge in [-0.05, 0) is 44.1 Å². The smallest absolute Gasteiger partial charge is 0.246 e. The number of aryl methyl sites for hydroxylation is 1. The number of aliphatic hydroxyl groups excluding tert-OH is 1. The van der Waals surface area contributed by atoms with Crippen molar-refractivity contribution in [3.8, 4) is 0 Å². The third-order valence-electron chi connectivity index (χ3n) is 4.80. The Balaban J connectivity index is 2.11. The van der Waals surface area contributed by atoms with E-state index in [0.29, 0.717) is 12.8 Å². The number of hydrogen-bond acceptors (Lipinski definition) is 4. The minimum absolute atomic E-state index is 0.107. The van der Waals surface area contributed by atoms with Gasteiger partial charge in [-0.15, -0.1) is 0 Å². The molecule has 124 valence electrons. The van der Waals surface area contributed by atoms with Crippen molar-refractivity contribution in [2.24, 2.45) is 0 Å². The van der Waals surface area contributed by atoms with Crippen LogP contribution in [0.4, 0.5) is 0 Å². The topological polar surface area (TPSA) is 74.7 Å². The molecule has 1 spiro atoms. The molecule has 1 atom stereocenters. The number of nitrogens with zero attached hydrogens (tertiary/aromatic N) is 1. The Morgan fingerprint density at radius 1 is 1.13 bits per heavy atom. The fourth-order valence-corrected chi connectivity index (χ4v) is 5.36. The van der Waals surface area contributed by atoms with Gasteiger partial charge in [-0.3, -0.25) is 4.79 Å². The van der Waals surface area contributed by atoms with Crippen molar-refractivity contribution in [1.82, 2.24) is 4.31 Å². The van der Waals surface area contributed by atoms with Crippen molar-refractivity contribution < 1.29 is 18.3 Å². The third-order valence-corrected chi connectivity index (χ3v) is 6.75. The van der Waals surface area contributed by atoms with Crippen LogP contribution in [0.15, 0.2) is 41.3 Å². The van der Waals surface area contributed by atoms with Crippen LogP contribution in [0.25, 0.3) is 0 Å². The number of hydrogen-bond donors (Lipinski definition) is 1. The Labute approximate surface area is 136 Å². The molecule has 1 aromatic rings. The van der Waals surface area contributed by atoms with Crippen molar-refractivity contribution in [1.29, 1.82) is 0 Å². The molecular weight excluding hydrogens is 314 g/mol. The molecule has 0 saturated heterocycles. The summed E-state index contributed by atoms with van der Waals surface area (Å²) >= 11 is 0. The predicted molar refractivity (Wildman–Crippen MR) is 86.2 cm³/mol. The number of carbonyl (C=O) groups is 1. The van der Waals surface area contributed by atoms with Gasteiger partial charge >= 0.3 is 0 Å². The monoisotopic (exact) mass is 335 g/mol. The van der Waals surface area contributed by atoms with E-state index in [1.807, 2.05) is 6.92 Å². The van der Waals surface area contributed by atoms with Crippen LogP contribution >= 0.6 is 0 Å². The molecule has 1 aliphatic heterocycles. The first-order valence-corrected chi connectivity index (χ1v) is 9.34. The van der Waals surface area contributed by atoms with E-state index in [1.54, 1.807) is 12.1 Å². The molecule has 0 amide bonds. The summed E-state index contributed by atoms with van der Waals surface area (Å²) in [5.41, 5.74) is -0.192. The second-order valence-electron chi connectivity index (χ2n) is 6.34. The number of rotatable bonds is 2. The summed E-state index contributed by atoms with van der Waals surface area (Å²) in [6, 6.07) is 6.48. The lowest BCUT2D eigenvalue weighted by Crippen LogP contribution is -2.62. The minimum Gasteiger partial charge on any atom is -0.374 e. The van der Waals surface area contributed by atoms with Crippen molar-refractivity contribution in [2.75, 3.05) is 0 Å². The SMILES string of the molecule is Cc1ccc(S(=O)(=O)N2C(O)C=CC(=O)C23CCCCC3)cc1. The maximum Gasteiger partial charge on any atom is 0.246 e. The van der Waals surface area contributed by atoms with Gasteiger partial charge in [0.25, 0.3) is 0 Å². The van der Waals surface area contributed by atoms with Crippen LogP contribution in [-0.2, 0) is 14.8 Å². The fourth-order valence-electron chi connectivity index (χ4n) is 3.57. The Morgan fingerprint density at radius 3 is 2.35 bits per heavy atom. The number of aliphatic hydroxyl groups is 1. The van der Waals surface area contributed by atoms with Crippen LogP contribution in [0.3, 0.4) is 0 Å². The van der Waals surface area contributed by atoms with Crippen molar-refractivity contribution in [3.63, 3.8) is 0 Å². The Bertz CT molecular complexity index is 730. The number of benzene rings is 1. The Morgan fingerprint density at radius 2 is 1.74 bits per heavy atom.